The number of ether oxygens (including phenoxy) is 1. The number of hydrogen-bond acceptors (Lipinski definition) is 4. The Kier molecular flexibility index (Phi) is 4.05. The molecular weight excluding hydrogens is 328 g/mol. The van der Waals surface area contributed by atoms with E-state index < -0.39 is 6.04 Å². The van der Waals surface area contributed by atoms with Gasteiger partial charge < -0.3 is 10.1 Å². The second-order valence-electron chi connectivity index (χ2n) is 6.20. The van der Waals surface area contributed by atoms with Crippen molar-refractivity contribution in [3.05, 3.63) is 66.7 Å². The van der Waals surface area contributed by atoms with Crippen molar-refractivity contribution in [1.82, 2.24) is 0 Å². The molecule has 4 rings (SSSR count). The standard InChI is InChI=1S/C21H18N2O3/c1-26-19-9-5-4-8-18(19)23-20(24)13-17(21(23)25)22-16-11-10-14-6-2-3-7-15(14)12-16/h2-12,17,22H,13H2,1H3/t17-/m1/s1. The minimum absolute atomic E-state index is 0.115. The highest BCUT2D eigenvalue weighted by atomic mass is 16.5. The van der Waals surface area contributed by atoms with Gasteiger partial charge in [-0.15, -0.1) is 0 Å². The van der Waals surface area contributed by atoms with Crippen LogP contribution in [0.15, 0.2) is 66.7 Å². The van der Waals surface area contributed by atoms with Gasteiger partial charge in [0.05, 0.1) is 19.2 Å². The minimum atomic E-state index is -0.589. The van der Waals surface area contributed by atoms with E-state index in [9.17, 15) is 9.59 Å². The first-order chi connectivity index (χ1) is 12.7. The number of carbonyl (C=O) groups excluding carboxylic acids is 2. The Morgan fingerprint density at radius 2 is 1.69 bits per heavy atom. The Hall–Kier alpha value is -3.34. The molecule has 1 heterocycles. The van der Waals surface area contributed by atoms with Crippen LogP contribution in [-0.2, 0) is 9.59 Å². The van der Waals surface area contributed by atoms with Crippen molar-refractivity contribution >= 4 is 34.0 Å². The summed E-state index contributed by atoms with van der Waals surface area (Å²) < 4.78 is 5.29. The van der Waals surface area contributed by atoms with Gasteiger partial charge >= 0.3 is 0 Å². The van der Waals surface area contributed by atoms with Gasteiger partial charge in [-0.25, -0.2) is 4.90 Å². The molecule has 5 heteroatoms. The first-order valence-electron chi connectivity index (χ1n) is 8.42. The number of benzene rings is 3. The first kappa shape index (κ1) is 16.1. The maximum absolute atomic E-state index is 12.8. The molecule has 130 valence electrons. The molecule has 26 heavy (non-hydrogen) atoms. The highest BCUT2D eigenvalue weighted by molar-refractivity contribution is 6.23. The molecule has 1 aliphatic heterocycles. The lowest BCUT2D eigenvalue weighted by Gasteiger charge is -2.18. The van der Waals surface area contributed by atoms with Crippen LogP contribution in [0.3, 0.4) is 0 Å². The van der Waals surface area contributed by atoms with E-state index in [1.54, 1.807) is 24.3 Å². The summed E-state index contributed by atoms with van der Waals surface area (Å²) in [6.45, 7) is 0. The summed E-state index contributed by atoms with van der Waals surface area (Å²) in [5, 5.41) is 5.40. The third-order valence-corrected chi connectivity index (χ3v) is 4.56. The zero-order valence-electron chi connectivity index (χ0n) is 14.3. The lowest BCUT2D eigenvalue weighted by Crippen LogP contribution is -2.35. The van der Waals surface area contributed by atoms with Crippen LogP contribution in [0.1, 0.15) is 6.42 Å². The van der Waals surface area contributed by atoms with E-state index in [4.69, 9.17) is 4.74 Å². The third-order valence-electron chi connectivity index (χ3n) is 4.56. The molecule has 5 nitrogen and oxygen atoms in total. The van der Waals surface area contributed by atoms with Crippen LogP contribution in [0.4, 0.5) is 11.4 Å². The molecule has 0 aromatic heterocycles. The second-order valence-corrected chi connectivity index (χ2v) is 6.20. The van der Waals surface area contributed by atoms with Crippen molar-refractivity contribution in [2.24, 2.45) is 0 Å². The summed E-state index contributed by atoms with van der Waals surface area (Å²) in [5.41, 5.74) is 1.30. The van der Waals surface area contributed by atoms with Crippen LogP contribution in [-0.4, -0.2) is 25.0 Å². The summed E-state index contributed by atoms with van der Waals surface area (Å²) in [4.78, 5) is 26.5. The smallest absolute Gasteiger partial charge is 0.256 e. The molecule has 0 spiro atoms. The van der Waals surface area contributed by atoms with E-state index in [1.165, 1.54) is 12.0 Å². The Morgan fingerprint density at radius 1 is 0.962 bits per heavy atom. The largest absolute Gasteiger partial charge is 0.495 e. The first-order valence-corrected chi connectivity index (χ1v) is 8.42. The summed E-state index contributed by atoms with van der Waals surface area (Å²) in [6.07, 6.45) is 0.115. The number of imide groups is 1. The number of nitrogens with zero attached hydrogens (tertiary/aromatic N) is 1. The number of fused-ring (bicyclic) bond motifs is 1. The minimum Gasteiger partial charge on any atom is -0.495 e. The summed E-state index contributed by atoms with van der Waals surface area (Å²) in [5.74, 6) is -0.00833. The Bertz CT molecular complexity index is 999. The Labute approximate surface area is 151 Å². The number of hydrogen-bond donors (Lipinski definition) is 1. The lowest BCUT2D eigenvalue weighted by molar-refractivity contribution is -0.121. The average molecular weight is 346 g/mol. The molecule has 1 saturated heterocycles. The number of anilines is 2. The van der Waals surface area contributed by atoms with Gasteiger partial charge in [-0.2, -0.15) is 0 Å². The van der Waals surface area contributed by atoms with Crippen LogP contribution in [0, 0.1) is 0 Å². The molecule has 3 aromatic rings. The predicted molar refractivity (Wildman–Crippen MR) is 101 cm³/mol. The van der Waals surface area contributed by atoms with Crippen molar-refractivity contribution < 1.29 is 14.3 Å². The molecular formula is C21H18N2O3. The highest BCUT2D eigenvalue weighted by Gasteiger charge is 2.40. The van der Waals surface area contributed by atoms with Gasteiger partial charge in [0.2, 0.25) is 5.91 Å². The molecule has 0 aliphatic carbocycles. The second kappa shape index (κ2) is 6.52. The zero-order chi connectivity index (χ0) is 18.1. The maximum atomic E-state index is 12.8. The van der Waals surface area contributed by atoms with E-state index in [1.807, 2.05) is 42.5 Å². The van der Waals surface area contributed by atoms with E-state index in [2.05, 4.69) is 5.32 Å². The number of para-hydroxylation sites is 2. The van der Waals surface area contributed by atoms with Gasteiger partial charge in [0.15, 0.2) is 0 Å². The van der Waals surface area contributed by atoms with Crippen LogP contribution in [0.2, 0.25) is 0 Å². The number of methoxy groups -OCH3 is 1. The van der Waals surface area contributed by atoms with Crippen molar-refractivity contribution in [3.63, 3.8) is 0 Å². The van der Waals surface area contributed by atoms with E-state index in [-0.39, 0.29) is 18.2 Å². The van der Waals surface area contributed by atoms with Gasteiger partial charge in [0.25, 0.3) is 5.91 Å². The van der Waals surface area contributed by atoms with Gasteiger partial charge in [0, 0.05) is 5.69 Å². The van der Waals surface area contributed by atoms with Crippen molar-refractivity contribution in [2.45, 2.75) is 12.5 Å². The van der Waals surface area contributed by atoms with Gasteiger partial charge in [-0.05, 0) is 35.0 Å². The number of amides is 2. The number of rotatable bonds is 4. The third kappa shape index (κ3) is 2.77. The van der Waals surface area contributed by atoms with Crippen LogP contribution >= 0.6 is 0 Å². The predicted octanol–water partition coefficient (Wildman–Crippen LogP) is 3.59. The molecule has 3 aromatic carbocycles. The summed E-state index contributed by atoms with van der Waals surface area (Å²) in [6, 6.07) is 20.4. The Balaban J connectivity index is 1.60. The van der Waals surface area contributed by atoms with E-state index in [0.717, 1.165) is 16.5 Å². The van der Waals surface area contributed by atoms with Crippen molar-refractivity contribution in [2.75, 3.05) is 17.3 Å². The van der Waals surface area contributed by atoms with E-state index in [0.29, 0.717) is 11.4 Å². The number of nitrogens with one attached hydrogen (secondary N) is 1. The van der Waals surface area contributed by atoms with Crippen molar-refractivity contribution in [3.8, 4) is 5.75 Å². The van der Waals surface area contributed by atoms with Gasteiger partial charge in [-0.3, -0.25) is 9.59 Å². The zero-order valence-corrected chi connectivity index (χ0v) is 14.3. The van der Waals surface area contributed by atoms with Gasteiger partial charge in [-0.1, -0.05) is 42.5 Å². The monoisotopic (exact) mass is 346 g/mol. The molecule has 1 N–H and O–H groups in total. The molecule has 0 saturated carbocycles. The Morgan fingerprint density at radius 3 is 2.50 bits per heavy atom. The fourth-order valence-electron chi connectivity index (χ4n) is 3.29. The van der Waals surface area contributed by atoms with E-state index >= 15 is 0 Å². The summed E-state index contributed by atoms with van der Waals surface area (Å²) in [7, 11) is 1.52. The molecule has 1 fully saturated rings. The summed E-state index contributed by atoms with van der Waals surface area (Å²) >= 11 is 0. The topological polar surface area (TPSA) is 58.6 Å². The van der Waals surface area contributed by atoms with Crippen LogP contribution in [0.25, 0.3) is 10.8 Å². The van der Waals surface area contributed by atoms with Crippen molar-refractivity contribution in [1.29, 1.82) is 0 Å². The average Bonchev–Trinajstić information content (AvgIpc) is 2.94. The maximum Gasteiger partial charge on any atom is 0.256 e. The number of carbonyl (C=O) groups is 2. The molecule has 1 atom stereocenters. The molecule has 1 aliphatic rings. The quantitative estimate of drug-likeness (QED) is 0.734. The fourth-order valence-corrected chi connectivity index (χ4v) is 3.29. The van der Waals surface area contributed by atoms with Crippen LogP contribution in [0.5, 0.6) is 5.75 Å². The molecule has 0 radical (unpaired) electrons. The van der Waals surface area contributed by atoms with Gasteiger partial charge in [0.1, 0.15) is 11.8 Å². The SMILES string of the molecule is COc1ccccc1N1C(=O)C[C@@H](Nc2ccc3ccccc3c2)C1=O. The lowest BCUT2D eigenvalue weighted by atomic mass is 10.1. The molecule has 2 amide bonds. The van der Waals surface area contributed by atoms with Crippen LogP contribution < -0.4 is 15.0 Å². The fraction of sp³-hybridized carbons (Fsp3) is 0.143. The highest BCUT2D eigenvalue weighted by Crippen LogP contribution is 2.32. The molecule has 0 bridgehead atoms. The normalized spacial score (nSPS) is 17.0. The molecule has 0 unspecified atom stereocenters.